The number of aromatic nitrogens is 4. The van der Waals surface area contributed by atoms with Gasteiger partial charge < -0.3 is 15.2 Å². The molecule has 3 aromatic heterocycles. The van der Waals surface area contributed by atoms with Crippen molar-refractivity contribution >= 4 is 22.5 Å². The van der Waals surface area contributed by atoms with E-state index in [-0.39, 0.29) is 5.91 Å². The number of imidazole rings is 1. The highest BCUT2D eigenvalue weighted by Gasteiger charge is 2.22. The number of fused-ring (bicyclic) bond motifs is 2. The number of pyridine rings is 2. The Labute approximate surface area is 169 Å². The highest BCUT2D eigenvalue weighted by atomic mass is 16.2. The van der Waals surface area contributed by atoms with Gasteiger partial charge in [0.05, 0.1) is 30.7 Å². The van der Waals surface area contributed by atoms with Gasteiger partial charge in [0.25, 0.3) is 0 Å². The summed E-state index contributed by atoms with van der Waals surface area (Å²) in [6.07, 6.45) is 7.79. The van der Waals surface area contributed by atoms with Crippen LogP contribution in [0.25, 0.3) is 22.2 Å². The molecule has 1 unspecified atom stereocenters. The van der Waals surface area contributed by atoms with Crippen LogP contribution >= 0.6 is 0 Å². The van der Waals surface area contributed by atoms with Crippen LogP contribution in [0.4, 0.5) is 5.82 Å². The Kier molecular flexibility index (Phi) is 4.73. The van der Waals surface area contributed by atoms with Crippen LogP contribution in [0.1, 0.15) is 25.6 Å². The molecule has 1 saturated heterocycles. The number of amides is 1. The van der Waals surface area contributed by atoms with Gasteiger partial charge in [0.15, 0.2) is 0 Å². The Morgan fingerprint density at radius 3 is 2.93 bits per heavy atom. The summed E-state index contributed by atoms with van der Waals surface area (Å²) in [5.74, 6) is 1.59. The first-order valence-electron chi connectivity index (χ1n) is 10.2. The van der Waals surface area contributed by atoms with Crippen LogP contribution in [0, 0.1) is 0 Å². The highest BCUT2D eigenvalue weighted by molar-refractivity contribution is 5.94. The number of hydrogen-bond donors (Lipinski definition) is 2. The van der Waals surface area contributed by atoms with E-state index in [0.717, 1.165) is 67.0 Å². The lowest BCUT2D eigenvalue weighted by Crippen LogP contribution is -2.35. The summed E-state index contributed by atoms with van der Waals surface area (Å²) in [5, 5.41) is 8.23. The Bertz CT molecular complexity index is 1060. The van der Waals surface area contributed by atoms with E-state index in [0.29, 0.717) is 18.4 Å². The number of nitrogens with zero attached hydrogens (tertiary/aromatic N) is 5. The SMILES string of the molecule is CC1CCCN1CC(=O)Nc1cc2cc(-c3cnc4n3CCNC4)ncc2cn1. The van der Waals surface area contributed by atoms with Crippen molar-refractivity contribution in [3.05, 3.63) is 36.5 Å². The second kappa shape index (κ2) is 7.53. The fraction of sp³-hybridized carbons (Fsp3) is 0.429. The van der Waals surface area contributed by atoms with E-state index in [1.165, 1.54) is 0 Å². The van der Waals surface area contributed by atoms with E-state index >= 15 is 0 Å². The van der Waals surface area contributed by atoms with E-state index in [9.17, 15) is 4.79 Å². The van der Waals surface area contributed by atoms with E-state index in [2.05, 4.69) is 42.0 Å². The molecule has 0 aliphatic carbocycles. The molecule has 8 nitrogen and oxygen atoms in total. The predicted molar refractivity (Wildman–Crippen MR) is 111 cm³/mol. The lowest BCUT2D eigenvalue weighted by Gasteiger charge is -2.20. The molecule has 2 aliphatic heterocycles. The molecular weight excluding hydrogens is 366 g/mol. The number of anilines is 1. The van der Waals surface area contributed by atoms with Gasteiger partial charge in [-0.15, -0.1) is 0 Å². The summed E-state index contributed by atoms with van der Waals surface area (Å²) in [6.45, 7) is 6.17. The molecule has 5 heterocycles. The number of carbonyl (C=O) groups excluding carboxylic acids is 1. The lowest BCUT2D eigenvalue weighted by atomic mass is 10.1. The number of likely N-dealkylation sites (tertiary alicyclic amines) is 1. The first kappa shape index (κ1) is 18.2. The molecule has 0 bridgehead atoms. The minimum atomic E-state index is -0.0164. The molecule has 5 rings (SSSR count). The van der Waals surface area contributed by atoms with Gasteiger partial charge in [-0.05, 0) is 43.8 Å². The van der Waals surface area contributed by atoms with Gasteiger partial charge in [-0.3, -0.25) is 14.7 Å². The zero-order chi connectivity index (χ0) is 19.8. The molecule has 0 aromatic carbocycles. The first-order chi connectivity index (χ1) is 14.2. The van der Waals surface area contributed by atoms with Crippen LogP contribution in [0.5, 0.6) is 0 Å². The van der Waals surface area contributed by atoms with Gasteiger partial charge in [0.2, 0.25) is 5.91 Å². The molecular formula is C21H25N7O. The van der Waals surface area contributed by atoms with Crippen molar-refractivity contribution in [1.82, 2.24) is 29.7 Å². The average molecular weight is 391 g/mol. The maximum Gasteiger partial charge on any atom is 0.239 e. The molecule has 1 fully saturated rings. The van der Waals surface area contributed by atoms with E-state index in [1.807, 2.05) is 24.5 Å². The van der Waals surface area contributed by atoms with Gasteiger partial charge >= 0.3 is 0 Å². The zero-order valence-electron chi connectivity index (χ0n) is 16.6. The van der Waals surface area contributed by atoms with Crippen LogP contribution in [-0.2, 0) is 17.9 Å². The van der Waals surface area contributed by atoms with Gasteiger partial charge in [0.1, 0.15) is 11.6 Å². The summed E-state index contributed by atoms with van der Waals surface area (Å²) in [7, 11) is 0. The second-order valence-electron chi connectivity index (χ2n) is 7.88. The van der Waals surface area contributed by atoms with Crippen molar-refractivity contribution in [2.45, 2.75) is 38.9 Å². The van der Waals surface area contributed by atoms with Gasteiger partial charge in [0, 0.05) is 36.9 Å². The molecule has 150 valence electrons. The Morgan fingerprint density at radius 2 is 2.07 bits per heavy atom. The summed E-state index contributed by atoms with van der Waals surface area (Å²) in [5.41, 5.74) is 1.90. The summed E-state index contributed by atoms with van der Waals surface area (Å²) in [4.78, 5) is 28.2. The predicted octanol–water partition coefficient (Wildman–Crippen LogP) is 2.02. The number of rotatable bonds is 4. The first-order valence-corrected chi connectivity index (χ1v) is 10.2. The topological polar surface area (TPSA) is 88.0 Å². The van der Waals surface area contributed by atoms with Gasteiger partial charge in [-0.1, -0.05) is 0 Å². The summed E-state index contributed by atoms with van der Waals surface area (Å²) >= 11 is 0. The zero-order valence-corrected chi connectivity index (χ0v) is 16.6. The molecule has 3 aromatic rings. The van der Waals surface area contributed by atoms with E-state index in [4.69, 9.17) is 0 Å². The molecule has 0 radical (unpaired) electrons. The fourth-order valence-electron chi connectivity index (χ4n) is 4.24. The molecule has 8 heteroatoms. The summed E-state index contributed by atoms with van der Waals surface area (Å²) < 4.78 is 2.21. The molecule has 1 amide bonds. The van der Waals surface area contributed by atoms with Crippen molar-refractivity contribution in [2.24, 2.45) is 0 Å². The van der Waals surface area contributed by atoms with Crippen LogP contribution in [-0.4, -0.2) is 56.0 Å². The number of nitrogens with one attached hydrogen (secondary N) is 2. The molecule has 2 aliphatic rings. The Morgan fingerprint density at radius 1 is 1.17 bits per heavy atom. The summed E-state index contributed by atoms with van der Waals surface area (Å²) in [6, 6.07) is 4.43. The minimum absolute atomic E-state index is 0.0164. The minimum Gasteiger partial charge on any atom is -0.324 e. The van der Waals surface area contributed by atoms with Crippen LogP contribution < -0.4 is 10.6 Å². The van der Waals surface area contributed by atoms with Crippen molar-refractivity contribution in [1.29, 1.82) is 0 Å². The fourth-order valence-corrected chi connectivity index (χ4v) is 4.24. The van der Waals surface area contributed by atoms with Crippen molar-refractivity contribution in [3.63, 3.8) is 0 Å². The standard InChI is InChI=1S/C21H25N7O/c1-14-3-2-5-27(14)13-21(29)26-19-8-15-7-17(23-9-16(15)10-24-19)18-11-25-20-12-22-4-6-28(18)20/h7-11,14,22H,2-6,12-13H2,1H3,(H,24,26,29). The van der Waals surface area contributed by atoms with Crippen molar-refractivity contribution < 1.29 is 4.79 Å². The third kappa shape index (κ3) is 3.61. The number of hydrogen-bond acceptors (Lipinski definition) is 6. The third-order valence-corrected chi connectivity index (χ3v) is 5.90. The van der Waals surface area contributed by atoms with Crippen LogP contribution in [0.3, 0.4) is 0 Å². The Hall–Kier alpha value is -2.84. The second-order valence-corrected chi connectivity index (χ2v) is 7.88. The number of carbonyl (C=O) groups is 1. The average Bonchev–Trinajstić information content (AvgIpc) is 3.34. The monoisotopic (exact) mass is 391 g/mol. The van der Waals surface area contributed by atoms with Crippen LogP contribution in [0.15, 0.2) is 30.7 Å². The van der Waals surface area contributed by atoms with Crippen molar-refractivity contribution in [2.75, 3.05) is 25.0 Å². The molecule has 1 atom stereocenters. The maximum absolute atomic E-state index is 12.4. The Balaban J connectivity index is 1.38. The third-order valence-electron chi connectivity index (χ3n) is 5.90. The van der Waals surface area contributed by atoms with Crippen molar-refractivity contribution in [3.8, 4) is 11.4 Å². The van der Waals surface area contributed by atoms with Gasteiger partial charge in [-0.2, -0.15) is 0 Å². The molecule has 0 saturated carbocycles. The largest absolute Gasteiger partial charge is 0.324 e. The van der Waals surface area contributed by atoms with E-state index in [1.54, 1.807) is 6.20 Å². The molecule has 2 N–H and O–H groups in total. The van der Waals surface area contributed by atoms with E-state index < -0.39 is 0 Å². The normalized spacial score (nSPS) is 19.4. The highest BCUT2D eigenvalue weighted by Crippen LogP contribution is 2.25. The smallest absolute Gasteiger partial charge is 0.239 e. The lowest BCUT2D eigenvalue weighted by molar-refractivity contribution is -0.117. The van der Waals surface area contributed by atoms with Crippen LogP contribution in [0.2, 0.25) is 0 Å². The quantitative estimate of drug-likeness (QED) is 0.708. The van der Waals surface area contributed by atoms with Gasteiger partial charge in [-0.25, -0.2) is 9.97 Å². The molecule has 0 spiro atoms. The maximum atomic E-state index is 12.4. The molecule has 29 heavy (non-hydrogen) atoms.